The molecule has 2 aromatic heterocycles. The molecule has 21 heavy (non-hydrogen) atoms. The van der Waals surface area contributed by atoms with Gasteiger partial charge in [-0.2, -0.15) is 13.2 Å². The van der Waals surface area contributed by atoms with Gasteiger partial charge in [0.2, 0.25) is 0 Å². The van der Waals surface area contributed by atoms with E-state index in [1.54, 1.807) is 48.5 Å². The van der Waals surface area contributed by atoms with Crippen molar-refractivity contribution in [2.45, 2.75) is 6.18 Å². The van der Waals surface area contributed by atoms with Gasteiger partial charge >= 0.3 is 6.18 Å². The molecule has 2 heterocycles. The molecule has 4 nitrogen and oxygen atoms in total. The summed E-state index contributed by atoms with van der Waals surface area (Å²) in [4.78, 5) is 7.63. The molecule has 0 saturated heterocycles. The van der Waals surface area contributed by atoms with Crippen molar-refractivity contribution in [3.63, 3.8) is 0 Å². The van der Waals surface area contributed by atoms with Crippen molar-refractivity contribution in [2.24, 2.45) is 0 Å². The van der Waals surface area contributed by atoms with Gasteiger partial charge in [0.05, 0.1) is 5.69 Å². The maximum absolute atomic E-state index is 12.9. The molecule has 0 aliphatic carbocycles. The fourth-order valence-corrected chi connectivity index (χ4v) is 1.84. The van der Waals surface area contributed by atoms with Crippen LogP contribution in [0.15, 0.2) is 54.7 Å². The number of halogens is 3. The fraction of sp³-hybridized carbons (Fsp3) is 0.0714. The molecule has 0 bridgehead atoms. The Kier molecular flexibility index (Phi) is 3.17. The van der Waals surface area contributed by atoms with Gasteiger partial charge in [0.1, 0.15) is 5.69 Å². The first-order valence-corrected chi connectivity index (χ1v) is 6.07. The van der Waals surface area contributed by atoms with Gasteiger partial charge in [0.15, 0.2) is 5.82 Å². The number of para-hydroxylation sites is 1. The van der Waals surface area contributed by atoms with E-state index in [4.69, 9.17) is 0 Å². The largest absolute Gasteiger partial charge is 0.453 e. The molecule has 0 spiro atoms. The summed E-state index contributed by atoms with van der Waals surface area (Å²) in [6.45, 7) is 0. The average Bonchev–Trinajstić information content (AvgIpc) is 2.94. The van der Waals surface area contributed by atoms with E-state index in [-0.39, 0.29) is 5.82 Å². The monoisotopic (exact) mass is 290 g/mol. The number of alkyl halides is 3. The molecule has 0 N–H and O–H groups in total. The SMILES string of the molecule is FC(F)(F)c1nc(-c2ccccn2)n(-c2ccccc2)n1. The van der Waals surface area contributed by atoms with Crippen molar-refractivity contribution in [1.29, 1.82) is 0 Å². The lowest BCUT2D eigenvalue weighted by Crippen LogP contribution is -2.08. The zero-order chi connectivity index (χ0) is 14.9. The van der Waals surface area contributed by atoms with Crippen LogP contribution < -0.4 is 0 Å². The van der Waals surface area contributed by atoms with Gasteiger partial charge in [0.25, 0.3) is 5.82 Å². The Morgan fingerprint density at radius 3 is 2.24 bits per heavy atom. The van der Waals surface area contributed by atoms with Gasteiger partial charge in [0, 0.05) is 6.20 Å². The number of benzene rings is 1. The summed E-state index contributed by atoms with van der Waals surface area (Å²) < 4.78 is 39.7. The van der Waals surface area contributed by atoms with E-state index in [1.807, 2.05) is 0 Å². The molecule has 106 valence electrons. The first-order chi connectivity index (χ1) is 10.1. The summed E-state index contributed by atoms with van der Waals surface area (Å²) in [6, 6.07) is 13.5. The number of aromatic nitrogens is 4. The van der Waals surface area contributed by atoms with Crippen molar-refractivity contribution in [3.8, 4) is 17.2 Å². The topological polar surface area (TPSA) is 43.6 Å². The second-order valence-electron chi connectivity index (χ2n) is 4.22. The fourth-order valence-electron chi connectivity index (χ4n) is 1.84. The van der Waals surface area contributed by atoms with Crippen molar-refractivity contribution < 1.29 is 13.2 Å². The van der Waals surface area contributed by atoms with Crippen LogP contribution in [0.25, 0.3) is 17.2 Å². The molecule has 0 saturated carbocycles. The van der Waals surface area contributed by atoms with E-state index in [1.165, 1.54) is 6.20 Å². The van der Waals surface area contributed by atoms with Gasteiger partial charge in [-0.1, -0.05) is 24.3 Å². The summed E-state index contributed by atoms with van der Waals surface area (Å²) in [5, 5.41) is 3.57. The summed E-state index contributed by atoms with van der Waals surface area (Å²) >= 11 is 0. The lowest BCUT2D eigenvalue weighted by Gasteiger charge is -2.04. The van der Waals surface area contributed by atoms with Gasteiger partial charge in [-0.3, -0.25) is 4.98 Å². The van der Waals surface area contributed by atoms with Gasteiger partial charge in [-0.05, 0) is 24.3 Å². The van der Waals surface area contributed by atoms with E-state index < -0.39 is 12.0 Å². The molecule has 3 aromatic rings. The van der Waals surface area contributed by atoms with Gasteiger partial charge in [-0.25, -0.2) is 9.67 Å². The highest BCUT2D eigenvalue weighted by Crippen LogP contribution is 2.29. The van der Waals surface area contributed by atoms with Crippen LogP contribution in [-0.4, -0.2) is 19.7 Å². The highest BCUT2D eigenvalue weighted by Gasteiger charge is 2.37. The summed E-state index contributed by atoms with van der Waals surface area (Å²) in [5.41, 5.74) is 0.811. The Morgan fingerprint density at radius 1 is 0.905 bits per heavy atom. The molecule has 0 fully saturated rings. The van der Waals surface area contributed by atoms with Crippen LogP contribution >= 0.6 is 0 Å². The summed E-state index contributed by atoms with van der Waals surface area (Å²) in [5.74, 6) is -1.14. The molecule has 7 heteroatoms. The standard InChI is InChI=1S/C14H9F3N4/c15-14(16,17)13-19-12(11-8-4-5-9-18-11)21(20-13)10-6-2-1-3-7-10/h1-9H. The number of pyridine rings is 1. The summed E-state index contributed by atoms with van der Waals surface area (Å²) in [7, 11) is 0. The predicted molar refractivity (Wildman–Crippen MR) is 69.6 cm³/mol. The van der Waals surface area contributed by atoms with Gasteiger partial charge in [-0.15, -0.1) is 5.10 Å². The second kappa shape index (κ2) is 5.01. The maximum atomic E-state index is 12.9. The zero-order valence-corrected chi connectivity index (χ0v) is 10.6. The lowest BCUT2D eigenvalue weighted by atomic mass is 10.3. The van der Waals surface area contributed by atoms with Crippen LogP contribution in [0.4, 0.5) is 13.2 Å². The highest BCUT2D eigenvalue weighted by atomic mass is 19.4. The normalized spacial score (nSPS) is 11.6. The van der Waals surface area contributed by atoms with Crippen molar-refractivity contribution in [1.82, 2.24) is 19.7 Å². The number of hydrogen-bond acceptors (Lipinski definition) is 3. The van der Waals surface area contributed by atoms with E-state index in [2.05, 4.69) is 15.1 Å². The molecular formula is C14H9F3N4. The first-order valence-electron chi connectivity index (χ1n) is 6.07. The Hall–Kier alpha value is -2.70. The van der Waals surface area contributed by atoms with Gasteiger partial charge < -0.3 is 0 Å². The predicted octanol–water partition coefficient (Wildman–Crippen LogP) is 3.35. The van der Waals surface area contributed by atoms with Crippen molar-refractivity contribution >= 4 is 0 Å². The molecular weight excluding hydrogens is 281 g/mol. The molecule has 0 aliphatic rings. The molecule has 0 amide bonds. The van der Waals surface area contributed by atoms with Crippen LogP contribution in [0.1, 0.15) is 5.82 Å². The van der Waals surface area contributed by atoms with Crippen LogP contribution in [-0.2, 0) is 6.18 Å². The minimum absolute atomic E-state index is 0.0501. The Bertz CT molecular complexity index is 679. The lowest BCUT2D eigenvalue weighted by molar-refractivity contribution is -0.144. The Labute approximate surface area is 117 Å². The highest BCUT2D eigenvalue weighted by molar-refractivity contribution is 5.53. The van der Waals surface area contributed by atoms with Crippen LogP contribution in [0.2, 0.25) is 0 Å². The smallest absolute Gasteiger partial charge is 0.253 e. The van der Waals surface area contributed by atoms with Crippen LogP contribution in [0, 0.1) is 0 Å². The van der Waals surface area contributed by atoms with E-state index in [0.717, 1.165) is 4.68 Å². The van der Waals surface area contributed by atoms with E-state index >= 15 is 0 Å². The Balaban J connectivity index is 2.20. The van der Waals surface area contributed by atoms with Crippen molar-refractivity contribution in [2.75, 3.05) is 0 Å². The number of nitrogens with zero attached hydrogens (tertiary/aromatic N) is 4. The van der Waals surface area contributed by atoms with E-state index in [0.29, 0.717) is 11.4 Å². The first kappa shape index (κ1) is 13.3. The third-order valence-electron chi connectivity index (χ3n) is 2.76. The molecule has 0 radical (unpaired) electrons. The minimum Gasteiger partial charge on any atom is -0.253 e. The van der Waals surface area contributed by atoms with Crippen LogP contribution in [0.5, 0.6) is 0 Å². The quantitative estimate of drug-likeness (QED) is 0.727. The van der Waals surface area contributed by atoms with Crippen molar-refractivity contribution in [3.05, 3.63) is 60.6 Å². The average molecular weight is 290 g/mol. The van der Waals surface area contributed by atoms with Crippen LogP contribution in [0.3, 0.4) is 0 Å². The Morgan fingerprint density at radius 2 is 1.62 bits per heavy atom. The second-order valence-corrected chi connectivity index (χ2v) is 4.22. The number of rotatable bonds is 2. The third-order valence-corrected chi connectivity index (χ3v) is 2.76. The summed E-state index contributed by atoms with van der Waals surface area (Å²) in [6.07, 6.45) is -3.11. The molecule has 0 aliphatic heterocycles. The zero-order valence-electron chi connectivity index (χ0n) is 10.6. The van der Waals surface area contributed by atoms with E-state index in [9.17, 15) is 13.2 Å². The minimum atomic E-state index is -4.61. The third kappa shape index (κ3) is 2.62. The molecule has 3 rings (SSSR count). The maximum Gasteiger partial charge on any atom is 0.453 e. The molecule has 0 unspecified atom stereocenters. The number of hydrogen-bond donors (Lipinski definition) is 0. The molecule has 0 atom stereocenters. The molecule has 1 aromatic carbocycles.